The summed E-state index contributed by atoms with van der Waals surface area (Å²) in [5, 5.41) is 6.66. The Morgan fingerprint density at radius 1 is 1.42 bits per heavy atom. The number of aromatic nitrogens is 1. The second-order valence-electron chi connectivity index (χ2n) is 4.33. The molecule has 0 radical (unpaired) electrons. The number of carbonyl (C=O) groups is 1. The third-order valence-corrected chi connectivity index (χ3v) is 3.06. The van der Waals surface area contributed by atoms with Gasteiger partial charge in [0.25, 0.3) is 0 Å². The summed E-state index contributed by atoms with van der Waals surface area (Å²) < 4.78 is 10.2. The molecule has 0 aliphatic carbocycles. The van der Waals surface area contributed by atoms with Crippen LogP contribution in [0.3, 0.4) is 0 Å². The van der Waals surface area contributed by atoms with Gasteiger partial charge in [-0.1, -0.05) is 19.0 Å². The molecule has 0 atom stereocenters. The van der Waals surface area contributed by atoms with Gasteiger partial charge in [-0.25, -0.2) is 0 Å². The Kier molecular flexibility index (Phi) is 6.52. The zero-order valence-corrected chi connectivity index (χ0v) is 12.2. The van der Waals surface area contributed by atoms with E-state index < -0.39 is 0 Å². The third-order valence-electron chi connectivity index (χ3n) is 3.06. The third kappa shape index (κ3) is 4.65. The molecule has 0 saturated carbocycles. The highest BCUT2D eigenvalue weighted by molar-refractivity contribution is 5.91. The maximum atomic E-state index is 11.9. The minimum atomic E-state index is -0.0847. The standard InChI is InChI=1S/C13H23N3O3/c1-5-16(6-2)9-12(17)14-13-11(7-8-18-4)10(3)15-19-13/h5-9H2,1-4H3,(H,14,17). The van der Waals surface area contributed by atoms with Gasteiger partial charge in [0.15, 0.2) is 0 Å². The zero-order valence-electron chi connectivity index (χ0n) is 12.2. The number of hydrogen-bond donors (Lipinski definition) is 1. The number of carbonyl (C=O) groups excluding carboxylic acids is 1. The summed E-state index contributed by atoms with van der Waals surface area (Å²) in [5.41, 5.74) is 1.69. The quantitative estimate of drug-likeness (QED) is 0.773. The molecule has 0 aliphatic rings. The number of amides is 1. The molecule has 108 valence electrons. The Hall–Kier alpha value is -1.40. The molecule has 1 amide bonds. The SMILES string of the molecule is CCN(CC)CC(=O)Nc1onc(C)c1CCOC. The van der Waals surface area contributed by atoms with Gasteiger partial charge in [0.1, 0.15) is 0 Å². The van der Waals surface area contributed by atoms with Crippen molar-refractivity contribution in [3.8, 4) is 0 Å². The second-order valence-corrected chi connectivity index (χ2v) is 4.33. The first kappa shape index (κ1) is 15.7. The van der Waals surface area contributed by atoms with Crippen molar-refractivity contribution in [2.45, 2.75) is 27.2 Å². The molecule has 1 aromatic heterocycles. The van der Waals surface area contributed by atoms with Gasteiger partial charge >= 0.3 is 0 Å². The van der Waals surface area contributed by atoms with Crippen LogP contribution in [-0.4, -0.2) is 49.3 Å². The van der Waals surface area contributed by atoms with E-state index in [2.05, 4.69) is 10.5 Å². The molecule has 6 nitrogen and oxygen atoms in total. The molecule has 1 heterocycles. The Labute approximate surface area is 114 Å². The van der Waals surface area contributed by atoms with Crippen LogP contribution in [0, 0.1) is 6.92 Å². The maximum Gasteiger partial charge on any atom is 0.240 e. The second kappa shape index (κ2) is 7.91. The molecule has 1 rings (SSSR count). The van der Waals surface area contributed by atoms with Crippen LogP contribution < -0.4 is 5.32 Å². The fraction of sp³-hybridized carbons (Fsp3) is 0.692. The van der Waals surface area contributed by atoms with Crippen molar-refractivity contribution in [1.29, 1.82) is 0 Å². The maximum absolute atomic E-state index is 11.9. The fourth-order valence-corrected chi connectivity index (χ4v) is 1.80. The zero-order chi connectivity index (χ0) is 14.3. The van der Waals surface area contributed by atoms with Gasteiger partial charge in [-0.05, 0) is 20.0 Å². The summed E-state index contributed by atoms with van der Waals surface area (Å²) in [5.74, 6) is 0.352. The molecule has 0 bridgehead atoms. The Bertz CT molecular complexity index is 400. The van der Waals surface area contributed by atoms with Crippen molar-refractivity contribution in [2.75, 3.05) is 38.7 Å². The average molecular weight is 269 g/mol. The van der Waals surface area contributed by atoms with Crippen molar-refractivity contribution >= 4 is 11.8 Å². The Balaban J connectivity index is 2.63. The molecule has 1 N–H and O–H groups in total. The van der Waals surface area contributed by atoms with Crippen molar-refractivity contribution in [1.82, 2.24) is 10.1 Å². The van der Waals surface area contributed by atoms with Gasteiger partial charge in [-0.2, -0.15) is 0 Å². The fourth-order valence-electron chi connectivity index (χ4n) is 1.80. The van der Waals surface area contributed by atoms with E-state index in [0.717, 1.165) is 24.3 Å². The molecule has 0 spiro atoms. The van der Waals surface area contributed by atoms with E-state index in [9.17, 15) is 4.79 Å². The first-order valence-corrected chi connectivity index (χ1v) is 6.58. The molecule has 0 fully saturated rings. The van der Waals surface area contributed by atoms with Crippen molar-refractivity contribution in [2.24, 2.45) is 0 Å². The smallest absolute Gasteiger partial charge is 0.240 e. The predicted octanol–water partition coefficient (Wildman–Crippen LogP) is 1.45. The van der Waals surface area contributed by atoms with Crippen molar-refractivity contribution < 1.29 is 14.1 Å². The van der Waals surface area contributed by atoms with Gasteiger partial charge in [0.2, 0.25) is 11.8 Å². The van der Waals surface area contributed by atoms with Gasteiger partial charge in [-0.15, -0.1) is 0 Å². The largest absolute Gasteiger partial charge is 0.384 e. The number of nitrogens with one attached hydrogen (secondary N) is 1. The van der Waals surface area contributed by atoms with E-state index in [4.69, 9.17) is 9.26 Å². The number of aryl methyl sites for hydroxylation is 1. The van der Waals surface area contributed by atoms with Crippen LogP contribution in [0.4, 0.5) is 5.88 Å². The number of ether oxygens (including phenoxy) is 1. The lowest BCUT2D eigenvalue weighted by atomic mass is 10.2. The van der Waals surface area contributed by atoms with E-state index >= 15 is 0 Å². The van der Waals surface area contributed by atoms with Crippen LogP contribution in [0.5, 0.6) is 0 Å². The molecular weight excluding hydrogens is 246 g/mol. The van der Waals surface area contributed by atoms with Crippen LogP contribution in [0.15, 0.2) is 4.52 Å². The predicted molar refractivity (Wildman–Crippen MR) is 73.2 cm³/mol. The lowest BCUT2D eigenvalue weighted by Crippen LogP contribution is -2.33. The van der Waals surface area contributed by atoms with Crippen LogP contribution in [0.25, 0.3) is 0 Å². The molecule has 1 aromatic rings. The van der Waals surface area contributed by atoms with Crippen LogP contribution >= 0.6 is 0 Å². The molecule has 0 aromatic carbocycles. The Morgan fingerprint density at radius 3 is 2.68 bits per heavy atom. The molecular formula is C13H23N3O3. The van der Waals surface area contributed by atoms with Gasteiger partial charge < -0.3 is 9.26 Å². The number of rotatable bonds is 8. The number of likely N-dealkylation sites (N-methyl/N-ethyl adjacent to an activating group) is 1. The normalized spacial score (nSPS) is 11.0. The molecule has 0 saturated heterocycles. The van der Waals surface area contributed by atoms with Crippen LogP contribution in [0.1, 0.15) is 25.1 Å². The number of methoxy groups -OCH3 is 1. The lowest BCUT2D eigenvalue weighted by Gasteiger charge is -2.16. The topological polar surface area (TPSA) is 67.6 Å². The van der Waals surface area contributed by atoms with E-state index in [1.165, 1.54) is 0 Å². The van der Waals surface area contributed by atoms with Crippen LogP contribution in [0.2, 0.25) is 0 Å². The van der Waals surface area contributed by atoms with E-state index in [0.29, 0.717) is 25.5 Å². The average Bonchev–Trinajstić information content (AvgIpc) is 2.74. The van der Waals surface area contributed by atoms with E-state index in [1.54, 1.807) is 7.11 Å². The summed E-state index contributed by atoms with van der Waals surface area (Å²) in [6, 6.07) is 0. The summed E-state index contributed by atoms with van der Waals surface area (Å²) in [6.07, 6.45) is 0.673. The monoisotopic (exact) mass is 269 g/mol. The minimum absolute atomic E-state index is 0.0847. The molecule has 6 heteroatoms. The molecule has 0 unspecified atom stereocenters. The minimum Gasteiger partial charge on any atom is -0.384 e. The highest BCUT2D eigenvalue weighted by atomic mass is 16.5. The molecule has 0 aliphatic heterocycles. The van der Waals surface area contributed by atoms with Crippen LogP contribution in [-0.2, 0) is 16.0 Å². The summed E-state index contributed by atoms with van der Waals surface area (Å²) in [7, 11) is 1.64. The summed E-state index contributed by atoms with van der Waals surface area (Å²) in [6.45, 7) is 8.52. The van der Waals surface area contributed by atoms with E-state index in [1.807, 2.05) is 25.7 Å². The summed E-state index contributed by atoms with van der Waals surface area (Å²) in [4.78, 5) is 13.9. The first-order chi connectivity index (χ1) is 9.12. The highest BCUT2D eigenvalue weighted by Crippen LogP contribution is 2.19. The first-order valence-electron chi connectivity index (χ1n) is 6.58. The number of nitrogens with zero attached hydrogens (tertiary/aromatic N) is 2. The van der Waals surface area contributed by atoms with Gasteiger partial charge in [-0.3, -0.25) is 15.0 Å². The number of hydrogen-bond acceptors (Lipinski definition) is 5. The van der Waals surface area contributed by atoms with Gasteiger partial charge in [0.05, 0.1) is 18.8 Å². The number of anilines is 1. The van der Waals surface area contributed by atoms with Gasteiger partial charge in [0, 0.05) is 19.1 Å². The van der Waals surface area contributed by atoms with E-state index in [-0.39, 0.29) is 5.91 Å². The lowest BCUT2D eigenvalue weighted by molar-refractivity contribution is -0.117. The Morgan fingerprint density at radius 2 is 2.11 bits per heavy atom. The summed E-state index contributed by atoms with van der Waals surface area (Å²) >= 11 is 0. The molecule has 19 heavy (non-hydrogen) atoms. The van der Waals surface area contributed by atoms with Crippen molar-refractivity contribution in [3.05, 3.63) is 11.3 Å². The highest BCUT2D eigenvalue weighted by Gasteiger charge is 2.16. The van der Waals surface area contributed by atoms with Crippen molar-refractivity contribution in [3.63, 3.8) is 0 Å².